The maximum absolute atomic E-state index is 5.69. The Labute approximate surface area is 112 Å². The highest BCUT2D eigenvalue weighted by atomic mass is 79.9. The molecule has 5 heteroatoms. The lowest BCUT2D eigenvalue weighted by molar-refractivity contribution is 0.414. The molecule has 0 atom stereocenters. The average molecular weight is 305 g/mol. The van der Waals surface area contributed by atoms with E-state index in [4.69, 9.17) is 9.15 Å². The highest BCUT2D eigenvalue weighted by molar-refractivity contribution is 9.10. The smallest absolute Gasteiger partial charge is 0.228 e. The van der Waals surface area contributed by atoms with E-state index in [2.05, 4.69) is 25.9 Å². The molecule has 0 saturated heterocycles. The van der Waals surface area contributed by atoms with Crippen LogP contribution >= 0.6 is 15.9 Å². The molecule has 3 aromatic rings. The normalized spacial score (nSPS) is 10.8. The van der Waals surface area contributed by atoms with E-state index in [-0.39, 0.29) is 0 Å². The molecule has 1 aromatic carbocycles. The molecule has 2 heterocycles. The van der Waals surface area contributed by atoms with Gasteiger partial charge in [-0.1, -0.05) is 0 Å². The lowest BCUT2D eigenvalue weighted by Crippen LogP contribution is -1.80. The van der Waals surface area contributed by atoms with E-state index < -0.39 is 0 Å². The van der Waals surface area contributed by atoms with E-state index in [0.29, 0.717) is 11.5 Å². The van der Waals surface area contributed by atoms with Gasteiger partial charge in [-0.25, -0.2) is 9.97 Å². The van der Waals surface area contributed by atoms with Gasteiger partial charge in [-0.15, -0.1) is 0 Å². The molecule has 18 heavy (non-hydrogen) atoms. The van der Waals surface area contributed by atoms with Crippen molar-refractivity contribution in [3.63, 3.8) is 0 Å². The van der Waals surface area contributed by atoms with E-state index >= 15 is 0 Å². The summed E-state index contributed by atoms with van der Waals surface area (Å²) in [7, 11) is 1.62. The maximum Gasteiger partial charge on any atom is 0.228 e. The van der Waals surface area contributed by atoms with Crippen LogP contribution in [0.4, 0.5) is 0 Å². The number of aromatic nitrogens is 2. The summed E-state index contributed by atoms with van der Waals surface area (Å²) in [5.41, 5.74) is 2.34. The van der Waals surface area contributed by atoms with Crippen LogP contribution in [0.25, 0.3) is 22.6 Å². The summed E-state index contributed by atoms with van der Waals surface area (Å²) in [5.74, 6) is 1.30. The van der Waals surface area contributed by atoms with Crippen LogP contribution in [-0.2, 0) is 0 Å². The predicted octanol–water partition coefficient (Wildman–Crippen LogP) is 3.66. The Bertz CT molecular complexity index is 692. The molecule has 0 unspecified atom stereocenters. The van der Waals surface area contributed by atoms with Gasteiger partial charge in [-0.2, -0.15) is 0 Å². The first kappa shape index (κ1) is 11.2. The zero-order valence-electron chi connectivity index (χ0n) is 9.55. The molecule has 0 spiro atoms. The molecule has 2 aromatic heterocycles. The molecule has 90 valence electrons. The standard InChI is InChI=1S/C13H9BrN2O2/c1-17-9-3-4-10-11(6-9)18-13(16-10)8-2-5-12(14)15-7-8/h2-7H,1H3. The van der Waals surface area contributed by atoms with E-state index in [9.17, 15) is 0 Å². The van der Waals surface area contributed by atoms with Crippen molar-refractivity contribution >= 4 is 27.0 Å². The number of hydrogen-bond donors (Lipinski definition) is 0. The minimum atomic E-state index is 0.554. The van der Waals surface area contributed by atoms with Crippen molar-refractivity contribution in [1.82, 2.24) is 9.97 Å². The Morgan fingerprint density at radius 1 is 1.22 bits per heavy atom. The molecule has 0 N–H and O–H groups in total. The number of ether oxygens (including phenoxy) is 1. The van der Waals surface area contributed by atoms with Crippen LogP contribution in [0.15, 0.2) is 45.5 Å². The number of nitrogens with zero attached hydrogens (tertiary/aromatic N) is 2. The lowest BCUT2D eigenvalue weighted by atomic mass is 10.3. The Morgan fingerprint density at radius 3 is 2.83 bits per heavy atom. The number of fused-ring (bicyclic) bond motifs is 1. The van der Waals surface area contributed by atoms with Crippen molar-refractivity contribution in [2.24, 2.45) is 0 Å². The average Bonchev–Trinajstić information content (AvgIpc) is 2.82. The molecule has 0 aliphatic carbocycles. The molecule has 0 aliphatic rings. The second-order valence-corrected chi connectivity index (χ2v) is 4.53. The maximum atomic E-state index is 5.69. The minimum Gasteiger partial charge on any atom is -0.497 e. The number of halogens is 1. The van der Waals surface area contributed by atoms with Crippen LogP contribution in [0.3, 0.4) is 0 Å². The van der Waals surface area contributed by atoms with E-state index in [1.807, 2.05) is 30.3 Å². The zero-order chi connectivity index (χ0) is 12.5. The predicted molar refractivity (Wildman–Crippen MR) is 71.5 cm³/mol. The zero-order valence-corrected chi connectivity index (χ0v) is 11.1. The second-order valence-electron chi connectivity index (χ2n) is 3.72. The van der Waals surface area contributed by atoms with Gasteiger partial charge in [0.1, 0.15) is 15.9 Å². The topological polar surface area (TPSA) is 48.2 Å². The largest absolute Gasteiger partial charge is 0.497 e. The second kappa shape index (κ2) is 4.42. The van der Waals surface area contributed by atoms with Crippen LogP contribution in [0, 0.1) is 0 Å². The molecule has 0 fully saturated rings. The summed E-state index contributed by atoms with van der Waals surface area (Å²) in [4.78, 5) is 8.56. The fourth-order valence-electron chi connectivity index (χ4n) is 1.66. The summed E-state index contributed by atoms with van der Waals surface area (Å²) in [5, 5.41) is 0. The van der Waals surface area contributed by atoms with Crippen molar-refractivity contribution in [1.29, 1.82) is 0 Å². The van der Waals surface area contributed by atoms with Crippen molar-refractivity contribution in [3.05, 3.63) is 41.1 Å². The highest BCUT2D eigenvalue weighted by Crippen LogP contribution is 2.26. The lowest BCUT2D eigenvalue weighted by Gasteiger charge is -1.96. The van der Waals surface area contributed by atoms with Gasteiger partial charge in [0.15, 0.2) is 5.58 Å². The first-order chi connectivity index (χ1) is 8.76. The summed E-state index contributed by atoms with van der Waals surface area (Å²) < 4.78 is 11.6. The summed E-state index contributed by atoms with van der Waals surface area (Å²) in [6.07, 6.45) is 1.71. The number of benzene rings is 1. The van der Waals surface area contributed by atoms with Crippen molar-refractivity contribution < 1.29 is 9.15 Å². The van der Waals surface area contributed by atoms with Crippen LogP contribution in [-0.4, -0.2) is 17.1 Å². The molecular weight excluding hydrogens is 296 g/mol. The third-order valence-electron chi connectivity index (χ3n) is 2.57. The Kier molecular flexibility index (Phi) is 2.76. The van der Waals surface area contributed by atoms with Crippen molar-refractivity contribution in [2.75, 3.05) is 7.11 Å². The summed E-state index contributed by atoms with van der Waals surface area (Å²) in [6.45, 7) is 0. The Balaban J connectivity index is 2.10. The van der Waals surface area contributed by atoms with Gasteiger partial charge in [-0.05, 0) is 40.2 Å². The van der Waals surface area contributed by atoms with Gasteiger partial charge in [0.25, 0.3) is 0 Å². The summed E-state index contributed by atoms with van der Waals surface area (Å²) in [6, 6.07) is 9.30. The van der Waals surface area contributed by atoms with E-state index in [1.54, 1.807) is 13.3 Å². The first-order valence-electron chi connectivity index (χ1n) is 5.33. The number of hydrogen-bond acceptors (Lipinski definition) is 4. The molecule has 4 nitrogen and oxygen atoms in total. The van der Waals surface area contributed by atoms with Crippen molar-refractivity contribution in [3.8, 4) is 17.2 Å². The van der Waals surface area contributed by atoms with Crippen molar-refractivity contribution in [2.45, 2.75) is 0 Å². The SMILES string of the molecule is COc1ccc2nc(-c3ccc(Br)nc3)oc2c1. The number of oxazole rings is 1. The van der Waals surface area contributed by atoms with Gasteiger partial charge >= 0.3 is 0 Å². The van der Waals surface area contributed by atoms with Gasteiger partial charge < -0.3 is 9.15 Å². The Morgan fingerprint density at radius 2 is 2.11 bits per heavy atom. The van der Waals surface area contributed by atoms with E-state index in [1.165, 1.54) is 0 Å². The van der Waals surface area contributed by atoms with Gasteiger partial charge in [0, 0.05) is 12.3 Å². The van der Waals surface area contributed by atoms with Gasteiger partial charge in [0.05, 0.1) is 12.7 Å². The monoisotopic (exact) mass is 304 g/mol. The first-order valence-corrected chi connectivity index (χ1v) is 6.12. The molecule has 0 amide bonds. The molecule has 3 rings (SSSR count). The quantitative estimate of drug-likeness (QED) is 0.678. The Hall–Kier alpha value is -1.88. The fraction of sp³-hybridized carbons (Fsp3) is 0.0769. The van der Waals surface area contributed by atoms with Gasteiger partial charge in [0.2, 0.25) is 5.89 Å². The highest BCUT2D eigenvalue weighted by Gasteiger charge is 2.09. The molecule has 0 bridgehead atoms. The molecular formula is C13H9BrN2O2. The van der Waals surface area contributed by atoms with Crippen LogP contribution in [0.5, 0.6) is 5.75 Å². The summed E-state index contributed by atoms with van der Waals surface area (Å²) >= 11 is 3.29. The third kappa shape index (κ3) is 1.97. The molecule has 0 aliphatic heterocycles. The minimum absolute atomic E-state index is 0.554. The number of methoxy groups -OCH3 is 1. The molecule has 0 radical (unpaired) electrons. The van der Waals surface area contributed by atoms with Crippen LogP contribution in [0.1, 0.15) is 0 Å². The van der Waals surface area contributed by atoms with E-state index in [0.717, 1.165) is 21.4 Å². The number of pyridine rings is 1. The van der Waals surface area contributed by atoms with Gasteiger partial charge in [-0.3, -0.25) is 0 Å². The van der Waals surface area contributed by atoms with Crippen LogP contribution < -0.4 is 4.74 Å². The van der Waals surface area contributed by atoms with Crippen LogP contribution in [0.2, 0.25) is 0 Å². The third-order valence-corrected chi connectivity index (χ3v) is 3.04. The fourth-order valence-corrected chi connectivity index (χ4v) is 1.89. The molecule has 0 saturated carbocycles. The number of rotatable bonds is 2.